The first-order valence-corrected chi connectivity index (χ1v) is 19.3. The monoisotopic (exact) mass is 461 g/mol. The third kappa shape index (κ3) is 7.84. The van der Waals surface area contributed by atoms with E-state index in [1.165, 1.54) is 68.2 Å². The van der Waals surface area contributed by atoms with Gasteiger partial charge in [0.25, 0.3) is 0 Å². The quantitative estimate of drug-likeness (QED) is 0.225. The SMILES string of the molecule is CCCCCc1cc(CCCCC)cc([O][Ti]([C]2=C(C(C)(C)C)C=CC2)[SiH](C)C)c1. The van der Waals surface area contributed by atoms with Gasteiger partial charge in [-0.15, -0.1) is 0 Å². The third-order valence-electron chi connectivity index (χ3n) is 5.95. The van der Waals surface area contributed by atoms with Crippen molar-refractivity contribution < 1.29 is 20.8 Å². The standard InChI is InChI=1S/C16H26O.C9H13.C2H7Si.Ti/c1-3-5-7-9-14-11-15(10-8-6-4-2)13-16(17)12-14;1-9(2,3)8-6-4-5-7-8;1-3-2;/h11-13,17H,3-10H2,1-2H3;4,6H,5H2,1-3H3;3H,1-2H3;/q;;;+1/p-1. The molecule has 1 aliphatic rings. The summed E-state index contributed by atoms with van der Waals surface area (Å²) in [7, 11) is 0. The van der Waals surface area contributed by atoms with E-state index in [1.807, 2.05) is 0 Å². The Morgan fingerprint density at radius 3 is 1.93 bits per heavy atom. The van der Waals surface area contributed by atoms with Gasteiger partial charge in [-0.2, -0.15) is 0 Å². The van der Waals surface area contributed by atoms with Gasteiger partial charge in [-0.25, -0.2) is 0 Å². The number of hydrogen-bond donors (Lipinski definition) is 0. The third-order valence-corrected chi connectivity index (χ3v) is 16.2. The minimum absolute atomic E-state index is 0.223. The molecule has 0 amide bonds. The molecule has 0 N–H and O–H groups in total. The molecule has 3 heteroatoms. The zero-order valence-corrected chi connectivity index (χ0v) is 23.5. The molecule has 1 aromatic rings. The number of allylic oxidation sites excluding steroid dienone is 4. The van der Waals surface area contributed by atoms with Gasteiger partial charge in [-0.05, 0) is 0 Å². The van der Waals surface area contributed by atoms with Crippen LogP contribution in [-0.4, -0.2) is 6.66 Å². The van der Waals surface area contributed by atoms with E-state index in [9.17, 15) is 0 Å². The van der Waals surface area contributed by atoms with Gasteiger partial charge in [0.1, 0.15) is 0 Å². The number of aryl methyl sites for hydroxylation is 2. The van der Waals surface area contributed by atoms with Gasteiger partial charge in [-0.3, -0.25) is 0 Å². The topological polar surface area (TPSA) is 9.23 Å². The summed E-state index contributed by atoms with van der Waals surface area (Å²) < 4.78 is 8.71. The first-order valence-electron chi connectivity index (χ1n) is 12.3. The first kappa shape index (κ1) is 25.7. The predicted molar refractivity (Wildman–Crippen MR) is 133 cm³/mol. The summed E-state index contributed by atoms with van der Waals surface area (Å²) in [4.78, 5) is 0. The van der Waals surface area contributed by atoms with Crippen LogP contribution >= 0.6 is 0 Å². The fourth-order valence-electron chi connectivity index (χ4n) is 4.33. The van der Waals surface area contributed by atoms with Crippen LogP contribution in [0.3, 0.4) is 0 Å². The fraction of sp³-hybridized carbons (Fsp3) is 0.630. The molecule has 0 aromatic heterocycles. The second kappa shape index (κ2) is 12.5. The van der Waals surface area contributed by atoms with Crippen LogP contribution in [-0.2, 0) is 30.4 Å². The van der Waals surface area contributed by atoms with E-state index in [1.54, 1.807) is 9.45 Å². The second-order valence-electron chi connectivity index (χ2n) is 10.3. The summed E-state index contributed by atoms with van der Waals surface area (Å²) in [5.74, 6) is 1.18. The second-order valence-corrected chi connectivity index (χ2v) is 22.5. The van der Waals surface area contributed by atoms with E-state index < -0.39 is 24.2 Å². The number of rotatable bonds is 12. The van der Waals surface area contributed by atoms with Crippen LogP contribution in [0.1, 0.15) is 90.7 Å². The number of benzene rings is 1. The zero-order valence-electron chi connectivity index (χ0n) is 20.7. The van der Waals surface area contributed by atoms with E-state index in [4.69, 9.17) is 3.32 Å². The Balaban J connectivity index is 2.29. The van der Waals surface area contributed by atoms with Crippen LogP contribution in [0.4, 0.5) is 0 Å². The molecular formula is C27H45OSiTi. The summed E-state index contributed by atoms with van der Waals surface area (Å²) in [6.07, 6.45) is 16.1. The maximum atomic E-state index is 7.01. The van der Waals surface area contributed by atoms with E-state index in [0.717, 1.165) is 6.42 Å². The van der Waals surface area contributed by atoms with Crippen molar-refractivity contribution in [1.82, 2.24) is 0 Å². The molecule has 0 atom stereocenters. The summed E-state index contributed by atoms with van der Waals surface area (Å²) in [6.45, 7) is 15.8. The average Bonchev–Trinajstić information content (AvgIpc) is 3.16. The van der Waals surface area contributed by atoms with Crippen molar-refractivity contribution >= 4 is 6.66 Å². The van der Waals surface area contributed by atoms with E-state index in [2.05, 4.69) is 78.1 Å². The van der Waals surface area contributed by atoms with Crippen LogP contribution in [0.25, 0.3) is 0 Å². The van der Waals surface area contributed by atoms with Crippen molar-refractivity contribution in [3.05, 3.63) is 50.9 Å². The summed E-state index contributed by atoms with van der Waals surface area (Å²) in [6, 6.07) is 7.21. The van der Waals surface area contributed by atoms with Crippen LogP contribution in [0.5, 0.6) is 5.75 Å². The van der Waals surface area contributed by atoms with Gasteiger partial charge >= 0.3 is 195 Å². The molecule has 1 aromatic carbocycles. The van der Waals surface area contributed by atoms with Crippen molar-refractivity contribution in [2.45, 2.75) is 106 Å². The maximum absolute atomic E-state index is 7.01. The molecule has 167 valence electrons. The Labute approximate surface area is 194 Å². The van der Waals surface area contributed by atoms with Crippen molar-refractivity contribution in [2.24, 2.45) is 5.41 Å². The molecular weight excluding hydrogens is 416 g/mol. The molecule has 2 rings (SSSR count). The molecule has 0 unspecified atom stereocenters. The van der Waals surface area contributed by atoms with Crippen molar-refractivity contribution in [1.29, 1.82) is 0 Å². The van der Waals surface area contributed by atoms with E-state index in [-0.39, 0.29) is 5.41 Å². The summed E-state index contributed by atoms with van der Waals surface area (Å²) in [5, 5.41) is 0. The number of unbranched alkanes of at least 4 members (excludes halogenated alkanes) is 4. The molecule has 0 aliphatic heterocycles. The molecule has 30 heavy (non-hydrogen) atoms. The van der Waals surface area contributed by atoms with Crippen molar-refractivity contribution in [3.8, 4) is 5.75 Å². The Bertz CT molecular complexity index is 699. The van der Waals surface area contributed by atoms with Crippen LogP contribution in [0.15, 0.2) is 39.8 Å². The normalized spacial score (nSPS) is 14.1. The van der Waals surface area contributed by atoms with Gasteiger partial charge in [0.15, 0.2) is 0 Å². The van der Waals surface area contributed by atoms with Crippen LogP contribution in [0, 0.1) is 5.41 Å². The van der Waals surface area contributed by atoms with Crippen molar-refractivity contribution in [3.63, 3.8) is 0 Å². The van der Waals surface area contributed by atoms with E-state index in [0.29, 0.717) is 0 Å². The molecule has 0 bridgehead atoms. The summed E-state index contributed by atoms with van der Waals surface area (Å²) >= 11 is -1.73. The predicted octanol–water partition coefficient (Wildman–Crippen LogP) is 8.31. The Morgan fingerprint density at radius 2 is 1.47 bits per heavy atom. The molecule has 0 spiro atoms. The average molecular weight is 462 g/mol. The van der Waals surface area contributed by atoms with Gasteiger partial charge < -0.3 is 0 Å². The Kier molecular flexibility index (Phi) is 10.7. The Morgan fingerprint density at radius 1 is 0.900 bits per heavy atom. The molecule has 0 radical (unpaired) electrons. The van der Waals surface area contributed by atoms with Gasteiger partial charge in [0.05, 0.1) is 0 Å². The fourth-order valence-corrected chi connectivity index (χ4v) is 13.7. The Hall–Kier alpha value is -0.569. The van der Waals surface area contributed by atoms with Gasteiger partial charge in [-0.1, -0.05) is 0 Å². The molecule has 0 saturated heterocycles. The minimum atomic E-state index is -1.73. The van der Waals surface area contributed by atoms with Gasteiger partial charge in [0, 0.05) is 0 Å². The molecule has 0 fully saturated rings. The van der Waals surface area contributed by atoms with Gasteiger partial charge in [0.2, 0.25) is 0 Å². The van der Waals surface area contributed by atoms with Crippen LogP contribution < -0.4 is 3.32 Å². The zero-order chi connectivity index (χ0) is 22.1. The van der Waals surface area contributed by atoms with E-state index >= 15 is 0 Å². The molecule has 1 aliphatic carbocycles. The summed E-state index contributed by atoms with van der Waals surface area (Å²) in [5.41, 5.74) is 4.77. The molecule has 0 heterocycles. The molecule has 0 saturated carbocycles. The van der Waals surface area contributed by atoms with Crippen molar-refractivity contribution in [2.75, 3.05) is 0 Å². The van der Waals surface area contributed by atoms with Crippen LogP contribution in [0.2, 0.25) is 13.1 Å². The number of hydrogen-bond acceptors (Lipinski definition) is 1. The molecule has 1 nitrogen and oxygen atoms in total. The first-order chi connectivity index (χ1) is 14.3.